The second-order valence-corrected chi connectivity index (χ2v) is 4.71. The van der Waals surface area contributed by atoms with E-state index in [4.69, 9.17) is 4.74 Å². The highest BCUT2D eigenvalue weighted by molar-refractivity contribution is 4.88. The first-order valence-electron chi connectivity index (χ1n) is 7.01. The summed E-state index contributed by atoms with van der Waals surface area (Å²) in [5.41, 5.74) is -0.00149. The van der Waals surface area contributed by atoms with Crippen LogP contribution in [0.15, 0.2) is 0 Å². The van der Waals surface area contributed by atoms with Gasteiger partial charge in [-0.25, -0.2) is 0 Å². The molecule has 0 aromatic rings. The Labute approximate surface area is 102 Å². The Morgan fingerprint density at radius 1 is 1.12 bits per heavy atom. The maximum atomic E-state index is 5.96. The number of hydrogen-bond donors (Lipinski definition) is 1. The highest BCUT2D eigenvalue weighted by Crippen LogP contribution is 2.24. The first-order chi connectivity index (χ1) is 7.64. The summed E-state index contributed by atoms with van der Waals surface area (Å²) >= 11 is 0. The summed E-state index contributed by atoms with van der Waals surface area (Å²) in [7, 11) is 0. The standard InChI is InChI=1S/C14H31NO/c1-6-10-11-12-13(15-8-3)14(5,7-2)16-9-4/h13,15H,6-12H2,1-5H3. The van der Waals surface area contributed by atoms with Gasteiger partial charge in [0.05, 0.1) is 5.60 Å². The lowest BCUT2D eigenvalue weighted by Crippen LogP contribution is -2.50. The van der Waals surface area contributed by atoms with Gasteiger partial charge in [0.1, 0.15) is 0 Å². The molecule has 0 aliphatic heterocycles. The van der Waals surface area contributed by atoms with Gasteiger partial charge in [0.15, 0.2) is 0 Å². The van der Waals surface area contributed by atoms with E-state index < -0.39 is 0 Å². The molecule has 0 fully saturated rings. The van der Waals surface area contributed by atoms with Gasteiger partial charge in [0, 0.05) is 12.6 Å². The molecule has 2 unspecified atom stereocenters. The van der Waals surface area contributed by atoms with Gasteiger partial charge in [-0.1, -0.05) is 40.0 Å². The number of rotatable bonds is 10. The maximum absolute atomic E-state index is 5.96. The molecule has 0 spiro atoms. The van der Waals surface area contributed by atoms with Gasteiger partial charge in [0.2, 0.25) is 0 Å². The van der Waals surface area contributed by atoms with E-state index in [1.54, 1.807) is 0 Å². The van der Waals surface area contributed by atoms with Gasteiger partial charge in [-0.15, -0.1) is 0 Å². The van der Waals surface area contributed by atoms with Crippen molar-refractivity contribution >= 4 is 0 Å². The SMILES string of the molecule is CCCCCC(NCC)C(C)(CC)OCC. The Bertz CT molecular complexity index is 161. The van der Waals surface area contributed by atoms with Gasteiger partial charge in [0.25, 0.3) is 0 Å². The van der Waals surface area contributed by atoms with Gasteiger partial charge in [-0.3, -0.25) is 0 Å². The lowest BCUT2D eigenvalue weighted by molar-refractivity contribution is -0.0571. The molecule has 0 radical (unpaired) electrons. The minimum Gasteiger partial charge on any atom is -0.374 e. The summed E-state index contributed by atoms with van der Waals surface area (Å²) in [6.07, 6.45) is 6.22. The first kappa shape index (κ1) is 15.9. The van der Waals surface area contributed by atoms with Crippen molar-refractivity contribution in [2.45, 2.75) is 78.4 Å². The quantitative estimate of drug-likeness (QED) is 0.576. The van der Waals surface area contributed by atoms with E-state index in [1.165, 1.54) is 25.7 Å². The molecule has 0 aliphatic rings. The zero-order valence-corrected chi connectivity index (χ0v) is 11.9. The third-order valence-corrected chi connectivity index (χ3v) is 3.46. The number of likely N-dealkylation sites (N-methyl/N-ethyl adjacent to an activating group) is 1. The molecule has 0 heterocycles. The lowest BCUT2D eigenvalue weighted by Gasteiger charge is -2.37. The van der Waals surface area contributed by atoms with E-state index in [1.807, 2.05) is 0 Å². The molecule has 0 rings (SSSR count). The first-order valence-corrected chi connectivity index (χ1v) is 7.01. The second-order valence-electron chi connectivity index (χ2n) is 4.71. The Hall–Kier alpha value is -0.0800. The van der Waals surface area contributed by atoms with Crippen molar-refractivity contribution in [3.05, 3.63) is 0 Å². The molecule has 16 heavy (non-hydrogen) atoms. The van der Waals surface area contributed by atoms with Crippen molar-refractivity contribution in [3.8, 4) is 0 Å². The summed E-state index contributed by atoms with van der Waals surface area (Å²) in [6, 6.07) is 0.494. The van der Waals surface area contributed by atoms with Crippen molar-refractivity contribution in [1.82, 2.24) is 5.32 Å². The minimum atomic E-state index is -0.00149. The summed E-state index contributed by atoms with van der Waals surface area (Å²) in [6.45, 7) is 12.8. The second kappa shape index (κ2) is 9.00. The number of hydrogen-bond acceptors (Lipinski definition) is 2. The van der Waals surface area contributed by atoms with Crippen LogP contribution in [0, 0.1) is 0 Å². The Kier molecular flexibility index (Phi) is 8.96. The van der Waals surface area contributed by atoms with Crippen LogP contribution in [0.5, 0.6) is 0 Å². The van der Waals surface area contributed by atoms with Crippen LogP contribution in [0.25, 0.3) is 0 Å². The maximum Gasteiger partial charge on any atom is 0.0803 e. The van der Waals surface area contributed by atoms with E-state index in [0.29, 0.717) is 6.04 Å². The lowest BCUT2D eigenvalue weighted by atomic mass is 9.89. The summed E-state index contributed by atoms with van der Waals surface area (Å²) in [5.74, 6) is 0. The highest BCUT2D eigenvalue weighted by Gasteiger charge is 2.31. The van der Waals surface area contributed by atoms with Crippen LogP contribution in [-0.4, -0.2) is 24.8 Å². The predicted molar refractivity (Wildman–Crippen MR) is 71.9 cm³/mol. The van der Waals surface area contributed by atoms with E-state index in [0.717, 1.165) is 19.6 Å². The van der Waals surface area contributed by atoms with Crippen LogP contribution in [-0.2, 0) is 4.74 Å². The van der Waals surface area contributed by atoms with Crippen molar-refractivity contribution in [3.63, 3.8) is 0 Å². The molecule has 0 saturated carbocycles. The van der Waals surface area contributed by atoms with Crippen LogP contribution in [0.1, 0.15) is 66.7 Å². The third kappa shape index (κ3) is 5.31. The van der Waals surface area contributed by atoms with Crippen molar-refractivity contribution < 1.29 is 4.74 Å². The molecule has 98 valence electrons. The molecule has 1 N–H and O–H groups in total. The Morgan fingerprint density at radius 2 is 1.81 bits per heavy atom. The molecule has 0 bridgehead atoms. The number of nitrogens with one attached hydrogen (secondary N) is 1. The largest absolute Gasteiger partial charge is 0.374 e. The zero-order chi connectivity index (χ0) is 12.4. The molecular weight excluding hydrogens is 198 g/mol. The molecule has 0 aromatic carbocycles. The minimum absolute atomic E-state index is 0.00149. The van der Waals surface area contributed by atoms with E-state index in [9.17, 15) is 0 Å². The smallest absolute Gasteiger partial charge is 0.0803 e. The van der Waals surface area contributed by atoms with Gasteiger partial charge < -0.3 is 10.1 Å². The monoisotopic (exact) mass is 229 g/mol. The molecule has 2 nitrogen and oxygen atoms in total. The van der Waals surface area contributed by atoms with Crippen molar-refractivity contribution in [2.24, 2.45) is 0 Å². The third-order valence-electron chi connectivity index (χ3n) is 3.46. The molecule has 2 atom stereocenters. The molecule has 0 aromatic heterocycles. The topological polar surface area (TPSA) is 21.3 Å². The number of unbranched alkanes of at least 4 members (excludes halogenated alkanes) is 2. The van der Waals surface area contributed by atoms with Crippen molar-refractivity contribution in [1.29, 1.82) is 0 Å². The van der Waals surface area contributed by atoms with Crippen LogP contribution >= 0.6 is 0 Å². The van der Waals surface area contributed by atoms with Crippen molar-refractivity contribution in [2.75, 3.05) is 13.2 Å². The van der Waals surface area contributed by atoms with Gasteiger partial charge in [-0.2, -0.15) is 0 Å². The normalized spacial score (nSPS) is 17.1. The van der Waals surface area contributed by atoms with Crippen LogP contribution < -0.4 is 5.32 Å². The van der Waals surface area contributed by atoms with E-state index >= 15 is 0 Å². The predicted octanol–water partition coefficient (Wildman–Crippen LogP) is 3.75. The molecule has 0 saturated heterocycles. The van der Waals surface area contributed by atoms with Gasteiger partial charge in [-0.05, 0) is 33.2 Å². The average molecular weight is 229 g/mol. The molecular formula is C14H31NO. The Morgan fingerprint density at radius 3 is 2.25 bits per heavy atom. The Balaban J connectivity index is 4.32. The summed E-state index contributed by atoms with van der Waals surface area (Å²) < 4.78 is 5.96. The van der Waals surface area contributed by atoms with Crippen LogP contribution in [0.4, 0.5) is 0 Å². The fourth-order valence-electron chi connectivity index (χ4n) is 2.25. The fraction of sp³-hybridized carbons (Fsp3) is 1.00. The average Bonchev–Trinajstić information content (AvgIpc) is 2.28. The van der Waals surface area contributed by atoms with Gasteiger partial charge >= 0.3 is 0 Å². The van der Waals surface area contributed by atoms with E-state index in [2.05, 4.69) is 39.9 Å². The molecule has 0 aliphatic carbocycles. The summed E-state index contributed by atoms with van der Waals surface area (Å²) in [5, 5.41) is 3.59. The number of ether oxygens (including phenoxy) is 1. The highest BCUT2D eigenvalue weighted by atomic mass is 16.5. The van der Waals surface area contributed by atoms with Crippen LogP contribution in [0.3, 0.4) is 0 Å². The summed E-state index contributed by atoms with van der Waals surface area (Å²) in [4.78, 5) is 0. The zero-order valence-electron chi connectivity index (χ0n) is 11.9. The molecule has 0 amide bonds. The van der Waals surface area contributed by atoms with Crippen LogP contribution in [0.2, 0.25) is 0 Å². The molecule has 2 heteroatoms. The fourth-order valence-corrected chi connectivity index (χ4v) is 2.25. The van der Waals surface area contributed by atoms with E-state index in [-0.39, 0.29) is 5.60 Å².